The van der Waals surface area contributed by atoms with Gasteiger partial charge in [0.05, 0.1) is 26.3 Å². The molecule has 0 fully saturated rings. The van der Waals surface area contributed by atoms with Crippen molar-refractivity contribution in [1.29, 1.82) is 0 Å². The van der Waals surface area contributed by atoms with Crippen LogP contribution in [0.4, 0.5) is 5.69 Å². The number of carbonyl (C=O) groups is 2. The normalized spacial score (nSPS) is 12.4. The van der Waals surface area contributed by atoms with Gasteiger partial charge in [-0.05, 0) is 24.3 Å². The van der Waals surface area contributed by atoms with Gasteiger partial charge in [0.25, 0.3) is 5.91 Å². The highest BCUT2D eigenvalue weighted by Gasteiger charge is 2.21. The number of fused-ring (bicyclic) bond motifs is 1. The van der Waals surface area contributed by atoms with Crippen molar-refractivity contribution in [2.24, 2.45) is 0 Å². The molecule has 1 aliphatic rings. The van der Waals surface area contributed by atoms with Crippen LogP contribution in [0.25, 0.3) is 0 Å². The smallest absolute Gasteiger partial charge is 0.338 e. The number of benzene rings is 2. The lowest BCUT2D eigenvalue weighted by Gasteiger charge is -2.20. The third kappa shape index (κ3) is 4.71. The van der Waals surface area contributed by atoms with E-state index in [0.717, 1.165) is 0 Å². The van der Waals surface area contributed by atoms with E-state index in [4.69, 9.17) is 60.6 Å². The molecule has 2 aromatic carbocycles. The van der Waals surface area contributed by atoms with Gasteiger partial charge in [0, 0.05) is 5.02 Å². The van der Waals surface area contributed by atoms with Crippen LogP contribution in [0.3, 0.4) is 0 Å². The Labute approximate surface area is 174 Å². The lowest BCUT2D eigenvalue weighted by atomic mass is 10.2. The largest absolute Gasteiger partial charge is 0.486 e. The topological polar surface area (TPSA) is 73.9 Å². The van der Waals surface area contributed by atoms with Crippen molar-refractivity contribution in [3.05, 3.63) is 49.9 Å². The molecule has 0 saturated heterocycles. The molecule has 0 aromatic heterocycles. The third-order valence-corrected chi connectivity index (χ3v) is 4.53. The molecule has 142 valence electrons. The van der Waals surface area contributed by atoms with Gasteiger partial charge in [-0.15, -0.1) is 0 Å². The van der Waals surface area contributed by atoms with Gasteiger partial charge in [-0.25, -0.2) is 4.79 Å². The monoisotopic (exact) mass is 449 g/mol. The van der Waals surface area contributed by atoms with Gasteiger partial charge < -0.3 is 19.5 Å². The van der Waals surface area contributed by atoms with Gasteiger partial charge in [-0.1, -0.05) is 46.4 Å². The number of rotatable bonds is 4. The lowest BCUT2D eigenvalue weighted by Crippen LogP contribution is -2.21. The number of esters is 1. The average Bonchev–Trinajstić information content (AvgIpc) is 2.62. The molecule has 1 aliphatic heterocycles. The molecule has 0 saturated carbocycles. The van der Waals surface area contributed by atoms with Gasteiger partial charge in [0.2, 0.25) is 0 Å². The van der Waals surface area contributed by atoms with Gasteiger partial charge in [-0.2, -0.15) is 0 Å². The molecule has 0 spiro atoms. The van der Waals surface area contributed by atoms with Crippen LogP contribution in [0, 0.1) is 0 Å². The summed E-state index contributed by atoms with van der Waals surface area (Å²) >= 11 is 23.9. The summed E-state index contributed by atoms with van der Waals surface area (Å²) < 4.78 is 15.8. The van der Waals surface area contributed by atoms with E-state index in [1.807, 2.05) is 0 Å². The predicted octanol–water partition coefficient (Wildman–Crippen LogP) is 4.87. The molecule has 0 atom stereocenters. The van der Waals surface area contributed by atoms with Gasteiger partial charge in [-0.3, -0.25) is 4.79 Å². The van der Waals surface area contributed by atoms with Crippen molar-refractivity contribution < 1.29 is 23.8 Å². The van der Waals surface area contributed by atoms with Crippen molar-refractivity contribution in [3.8, 4) is 11.5 Å². The first-order valence-corrected chi connectivity index (χ1v) is 9.07. The first kappa shape index (κ1) is 19.9. The first-order valence-electron chi connectivity index (χ1n) is 7.56. The van der Waals surface area contributed by atoms with Gasteiger partial charge >= 0.3 is 5.97 Å². The lowest BCUT2D eigenvalue weighted by molar-refractivity contribution is -0.119. The predicted molar refractivity (Wildman–Crippen MR) is 103 cm³/mol. The molecule has 3 rings (SSSR count). The molecular formula is C17H11Cl4NO5. The zero-order valence-electron chi connectivity index (χ0n) is 13.5. The molecular weight excluding hydrogens is 440 g/mol. The second-order valence-corrected chi connectivity index (χ2v) is 7.01. The molecule has 0 bridgehead atoms. The average molecular weight is 451 g/mol. The number of amides is 1. The second-order valence-electron chi connectivity index (χ2n) is 5.35. The highest BCUT2D eigenvalue weighted by atomic mass is 35.5. The fraction of sp³-hybridized carbons (Fsp3) is 0.176. The maximum atomic E-state index is 12.2. The van der Waals surface area contributed by atoms with Crippen LogP contribution in [-0.4, -0.2) is 31.7 Å². The number of hydrogen-bond donors (Lipinski definition) is 1. The summed E-state index contributed by atoms with van der Waals surface area (Å²) in [6.07, 6.45) is 0. The Hall–Kier alpha value is -1.86. The number of ether oxygens (including phenoxy) is 3. The molecule has 1 N–H and O–H groups in total. The molecule has 6 nitrogen and oxygen atoms in total. The highest BCUT2D eigenvalue weighted by Crippen LogP contribution is 2.38. The second kappa shape index (κ2) is 8.44. The van der Waals surface area contributed by atoms with Crippen LogP contribution in [0.15, 0.2) is 24.3 Å². The van der Waals surface area contributed by atoms with Crippen molar-refractivity contribution in [3.63, 3.8) is 0 Å². The van der Waals surface area contributed by atoms with E-state index in [9.17, 15) is 9.59 Å². The Balaban J connectivity index is 1.64. The number of nitrogens with one attached hydrogen (secondary N) is 1. The Morgan fingerprint density at radius 3 is 2.33 bits per heavy atom. The van der Waals surface area contributed by atoms with Gasteiger partial charge in [0.1, 0.15) is 13.2 Å². The van der Waals surface area contributed by atoms with Crippen LogP contribution in [-0.2, 0) is 9.53 Å². The van der Waals surface area contributed by atoms with Crippen LogP contribution >= 0.6 is 46.4 Å². The van der Waals surface area contributed by atoms with E-state index >= 15 is 0 Å². The molecule has 0 unspecified atom stereocenters. The number of hydrogen-bond acceptors (Lipinski definition) is 5. The van der Waals surface area contributed by atoms with Crippen LogP contribution in [0.2, 0.25) is 20.1 Å². The maximum absolute atomic E-state index is 12.2. The molecule has 27 heavy (non-hydrogen) atoms. The van der Waals surface area contributed by atoms with E-state index in [2.05, 4.69) is 5.32 Å². The summed E-state index contributed by atoms with van der Waals surface area (Å²) in [4.78, 5) is 24.2. The van der Waals surface area contributed by atoms with Crippen molar-refractivity contribution in [2.45, 2.75) is 0 Å². The fourth-order valence-corrected chi connectivity index (χ4v) is 3.46. The third-order valence-electron chi connectivity index (χ3n) is 3.44. The zero-order chi connectivity index (χ0) is 19.6. The summed E-state index contributed by atoms with van der Waals surface area (Å²) in [6.45, 7) is 0.152. The van der Waals surface area contributed by atoms with Crippen LogP contribution < -0.4 is 14.8 Å². The summed E-state index contributed by atoms with van der Waals surface area (Å²) in [5.41, 5.74) is 0.297. The van der Waals surface area contributed by atoms with Crippen molar-refractivity contribution in [1.82, 2.24) is 0 Å². The van der Waals surface area contributed by atoms with E-state index in [0.29, 0.717) is 29.7 Å². The first-order chi connectivity index (χ1) is 12.8. The summed E-state index contributed by atoms with van der Waals surface area (Å²) in [5, 5.41) is 3.32. The van der Waals surface area contributed by atoms with E-state index < -0.39 is 18.5 Å². The Morgan fingerprint density at radius 2 is 1.63 bits per heavy atom. The summed E-state index contributed by atoms with van der Waals surface area (Å²) in [6, 6.07) is 5.66. The molecule has 1 amide bonds. The molecule has 0 aliphatic carbocycles. The fourth-order valence-electron chi connectivity index (χ4n) is 2.28. The summed E-state index contributed by atoms with van der Waals surface area (Å²) in [7, 11) is 0. The van der Waals surface area contributed by atoms with Crippen LogP contribution in [0.1, 0.15) is 10.4 Å². The molecule has 0 radical (unpaired) electrons. The Morgan fingerprint density at radius 1 is 0.963 bits per heavy atom. The van der Waals surface area contributed by atoms with E-state index in [-0.39, 0.29) is 26.3 Å². The molecule has 2 aromatic rings. The Bertz CT molecular complexity index is 895. The zero-order valence-corrected chi connectivity index (χ0v) is 16.5. The minimum Gasteiger partial charge on any atom is -0.486 e. The minimum atomic E-state index is -0.752. The standard InChI is InChI=1S/C17H11Cl4NO5/c18-9-5-10(19)15(11(20)6-9)22-14(23)7-27-17(24)8-3-12(21)16-13(4-8)25-1-2-26-16/h3-6H,1-2,7H2,(H,22,23). The van der Waals surface area contributed by atoms with E-state index in [1.165, 1.54) is 24.3 Å². The van der Waals surface area contributed by atoms with Crippen molar-refractivity contribution >= 4 is 64.0 Å². The van der Waals surface area contributed by atoms with Crippen LogP contribution in [0.5, 0.6) is 11.5 Å². The minimum absolute atomic E-state index is 0.125. The molecule has 1 heterocycles. The van der Waals surface area contributed by atoms with Crippen molar-refractivity contribution in [2.75, 3.05) is 25.1 Å². The summed E-state index contributed by atoms with van der Waals surface area (Å²) in [5.74, 6) is -0.676. The number of anilines is 1. The molecule has 10 heteroatoms. The Kier molecular flexibility index (Phi) is 6.22. The highest BCUT2D eigenvalue weighted by molar-refractivity contribution is 6.42. The SMILES string of the molecule is O=C(COC(=O)c1cc(Cl)c2c(c1)OCCO2)Nc1c(Cl)cc(Cl)cc1Cl. The van der Waals surface area contributed by atoms with E-state index in [1.54, 1.807) is 0 Å². The number of carbonyl (C=O) groups excluding carboxylic acids is 2. The van der Waals surface area contributed by atoms with Gasteiger partial charge in [0.15, 0.2) is 18.1 Å². The maximum Gasteiger partial charge on any atom is 0.338 e. The quantitative estimate of drug-likeness (QED) is 0.672. The number of halogens is 4.